The number of hydrogen-bond donors (Lipinski definition) is 2. The van der Waals surface area contributed by atoms with Crippen molar-refractivity contribution < 1.29 is 14.5 Å². The molecule has 0 unspecified atom stereocenters. The zero-order chi connectivity index (χ0) is 19.3. The maximum atomic E-state index is 12.1. The summed E-state index contributed by atoms with van der Waals surface area (Å²) >= 11 is 1.57. The van der Waals surface area contributed by atoms with Crippen LogP contribution in [0, 0.1) is 17.0 Å². The summed E-state index contributed by atoms with van der Waals surface area (Å²) in [5.41, 5.74) is 0.708. The third-order valence-electron chi connectivity index (χ3n) is 3.84. The number of carbonyl (C=O) groups excluding carboxylic acids is 2. The largest absolute Gasteiger partial charge is 0.346 e. The van der Waals surface area contributed by atoms with Gasteiger partial charge in [-0.15, -0.1) is 11.3 Å². The first-order valence-corrected chi connectivity index (χ1v) is 8.71. The first-order chi connectivity index (χ1) is 12.3. The molecule has 0 saturated heterocycles. The lowest BCUT2D eigenvalue weighted by Gasteiger charge is -2.23. The van der Waals surface area contributed by atoms with Crippen LogP contribution in [0.5, 0.6) is 0 Å². The predicted molar refractivity (Wildman–Crippen MR) is 100 cm³/mol. The summed E-state index contributed by atoms with van der Waals surface area (Å²) in [6, 6.07) is 7.93. The Kier molecular flexibility index (Phi) is 6.42. The Morgan fingerprint density at radius 3 is 2.58 bits per heavy atom. The summed E-state index contributed by atoms with van der Waals surface area (Å²) in [5.74, 6) is -1.66. The molecule has 1 aromatic heterocycles. The highest BCUT2D eigenvalue weighted by molar-refractivity contribution is 7.10. The number of non-ortho nitro benzene ring substituents is 1. The maximum Gasteiger partial charge on any atom is 0.313 e. The van der Waals surface area contributed by atoms with Crippen molar-refractivity contribution in [3.8, 4) is 0 Å². The third kappa shape index (κ3) is 4.87. The summed E-state index contributed by atoms with van der Waals surface area (Å²) in [5, 5.41) is 17.8. The van der Waals surface area contributed by atoms with Crippen LogP contribution in [0.1, 0.15) is 16.5 Å². The van der Waals surface area contributed by atoms with Crippen molar-refractivity contribution in [3.63, 3.8) is 0 Å². The number of anilines is 1. The van der Waals surface area contributed by atoms with Crippen molar-refractivity contribution in [2.24, 2.45) is 0 Å². The molecule has 0 aliphatic rings. The smallest absolute Gasteiger partial charge is 0.313 e. The second-order valence-corrected chi connectivity index (χ2v) is 6.89. The van der Waals surface area contributed by atoms with Gasteiger partial charge in [0.25, 0.3) is 5.69 Å². The van der Waals surface area contributed by atoms with Gasteiger partial charge in [-0.05, 0) is 38.0 Å². The van der Waals surface area contributed by atoms with Crippen LogP contribution in [0.25, 0.3) is 0 Å². The Hall–Kier alpha value is -2.78. The topological polar surface area (TPSA) is 105 Å². The van der Waals surface area contributed by atoms with Crippen LogP contribution >= 0.6 is 11.3 Å². The Morgan fingerprint density at radius 1 is 1.27 bits per heavy atom. The standard InChI is InChI=1S/C17H20N4O4S/c1-11-6-7-12(21(24)25)9-13(11)19-17(23)16(22)18-10-14(20(2)3)15-5-4-8-26-15/h4-9,14H,10H2,1-3H3,(H,18,22)(H,19,23)/t14-/m1/s1. The lowest BCUT2D eigenvalue weighted by atomic mass is 10.2. The van der Waals surface area contributed by atoms with E-state index < -0.39 is 16.7 Å². The summed E-state index contributed by atoms with van der Waals surface area (Å²) in [4.78, 5) is 37.5. The molecule has 2 aromatic rings. The molecule has 1 heterocycles. The van der Waals surface area contributed by atoms with Gasteiger partial charge in [0.1, 0.15) is 0 Å². The molecule has 0 aliphatic heterocycles. The second kappa shape index (κ2) is 8.54. The van der Waals surface area contributed by atoms with Crippen LogP contribution in [0.2, 0.25) is 0 Å². The molecule has 0 fully saturated rings. The van der Waals surface area contributed by atoms with E-state index in [1.54, 1.807) is 18.3 Å². The molecule has 0 radical (unpaired) electrons. The summed E-state index contributed by atoms with van der Waals surface area (Å²) in [6.07, 6.45) is 0. The number of hydrogen-bond acceptors (Lipinski definition) is 6. The lowest BCUT2D eigenvalue weighted by molar-refractivity contribution is -0.384. The van der Waals surface area contributed by atoms with E-state index in [9.17, 15) is 19.7 Å². The highest BCUT2D eigenvalue weighted by Crippen LogP contribution is 2.23. The van der Waals surface area contributed by atoms with Gasteiger partial charge in [0.15, 0.2) is 0 Å². The van der Waals surface area contributed by atoms with Crippen molar-refractivity contribution in [1.29, 1.82) is 0 Å². The number of rotatable bonds is 6. The first kappa shape index (κ1) is 19.5. The van der Waals surface area contributed by atoms with Crippen molar-refractivity contribution in [2.45, 2.75) is 13.0 Å². The highest BCUT2D eigenvalue weighted by atomic mass is 32.1. The predicted octanol–water partition coefficient (Wildman–Crippen LogP) is 2.32. The van der Waals surface area contributed by atoms with Crippen LogP contribution in [0.3, 0.4) is 0 Å². The molecule has 0 aliphatic carbocycles. The Bertz CT molecular complexity index is 805. The molecule has 26 heavy (non-hydrogen) atoms. The van der Waals surface area contributed by atoms with E-state index in [-0.39, 0.29) is 24.0 Å². The number of nitro benzene ring substituents is 1. The fraction of sp³-hybridized carbons (Fsp3) is 0.294. The summed E-state index contributed by atoms with van der Waals surface area (Å²) in [7, 11) is 3.78. The maximum absolute atomic E-state index is 12.1. The molecule has 2 amide bonds. The number of nitrogens with zero attached hydrogens (tertiary/aromatic N) is 2. The summed E-state index contributed by atoms with van der Waals surface area (Å²) < 4.78 is 0. The Balaban J connectivity index is 2.00. The number of benzene rings is 1. The molecule has 2 rings (SSSR count). The fourth-order valence-corrected chi connectivity index (χ4v) is 3.25. The van der Waals surface area contributed by atoms with Gasteiger partial charge < -0.3 is 15.5 Å². The molecule has 138 valence electrons. The minimum Gasteiger partial charge on any atom is -0.346 e. The van der Waals surface area contributed by atoms with Gasteiger partial charge in [-0.25, -0.2) is 0 Å². The van der Waals surface area contributed by atoms with Gasteiger partial charge in [0.05, 0.1) is 16.7 Å². The van der Waals surface area contributed by atoms with Crippen molar-refractivity contribution in [1.82, 2.24) is 10.2 Å². The van der Waals surface area contributed by atoms with E-state index in [0.29, 0.717) is 5.56 Å². The fourth-order valence-electron chi connectivity index (χ4n) is 2.33. The number of nitrogens with one attached hydrogen (secondary N) is 2. The van der Waals surface area contributed by atoms with E-state index >= 15 is 0 Å². The van der Waals surface area contributed by atoms with E-state index in [1.807, 2.05) is 36.5 Å². The summed E-state index contributed by atoms with van der Waals surface area (Å²) in [6.45, 7) is 1.96. The SMILES string of the molecule is Cc1ccc([N+](=O)[O-])cc1NC(=O)C(=O)NC[C@H](c1cccs1)N(C)C. The molecule has 9 heteroatoms. The molecule has 0 bridgehead atoms. The van der Waals surface area contributed by atoms with Gasteiger partial charge in [0.2, 0.25) is 0 Å². The Morgan fingerprint density at radius 2 is 2.00 bits per heavy atom. The van der Waals surface area contributed by atoms with E-state index in [2.05, 4.69) is 10.6 Å². The minimum atomic E-state index is -0.864. The molecular weight excluding hydrogens is 356 g/mol. The van der Waals surface area contributed by atoms with Gasteiger partial charge in [0, 0.05) is 23.6 Å². The second-order valence-electron chi connectivity index (χ2n) is 5.92. The van der Waals surface area contributed by atoms with Crippen molar-refractivity contribution >= 4 is 34.5 Å². The highest BCUT2D eigenvalue weighted by Gasteiger charge is 2.20. The van der Waals surface area contributed by atoms with E-state index in [0.717, 1.165) is 4.88 Å². The quantitative estimate of drug-likeness (QED) is 0.457. The lowest BCUT2D eigenvalue weighted by Crippen LogP contribution is -2.40. The van der Waals surface area contributed by atoms with Crippen molar-refractivity contribution in [2.75, 3.05) is 26.0 Å². The molecule has 1 atom stereocenters. The molecule has 1 aromatic carbocycles. The molecule has 0 spiro atoms. The molecule has 0 saturated carbocycles. The minimum absolute atomic E-state index is 0.0497. The zero-order valence-electron chi connectivity index (χ0n) is 14.7. The first-order valence-electron chi connectivity index (χ1n) is 7.83. The van der Waals surface area contributed by atoms with Crippen LogP contribution in [0.4, 0.5) is 11.4 Å². The number of likely N-dealkylation sites (N-methyl/N-ethyl adjacent to an activating group) is 1. The van der Waals surface area contributed by atoms with Crippen LogP contribution in [-0.4, -0.2) is 42.3 Å². The number of carbonyl (C=O) groups is 2. The molecule has 2 N–H and O–H groups in total. The molecule has 8 nitrogen and oxygen atoms in total. The average Bonchev–Trinajstić information content (AvgIpc) is 3.10. The van der Waals surface area contributed by atoms with Crippen molar-refractivity contribution in [3.05, 3.63) is 56.3 Å². The third-order valence-corrected chi connectivity index (χ3v) is 4.81. The number of amides is 2. The number of aryl methyl sites for hydroxylation is 1. The van der Waals surface area contributed by atoms with E-state index in [4.69, 9.17) is 0 Å². The van der Waals surface area contributed by atoms with Gasteiger partial charge in [-0.3, -0.25) is 19.7 Å². The average molecular weight is 376 g/mol. The van der Waals surface area contributed by atoms with E-state index in [1.165, 1.54) is 18.2 Å². The Labute approximate surface area is 155 Å². The van der Waals surface area contributed by atoms with Crippen LogP contribution < -0.4 is 10.6 Å². The normalized spacial score (nSPS) is 11.8. The van der Waals surface area contributed by atoms with Gasteiger partial charge in [-0.1, -0.05) is 12.1 Å². The van der Waals surface area contributed by atoms with Gasteiger partial charge in [-0.2, -0.15) is 0 Å². The number of thiophene rings is 1. The monoisotopic (exact) mass is 376 g/mol. The zero-order valence-corrected chi connectivity index (χ0v) is 15.5. The van der Waals surface area contributed by atoms with Gasteiger partial charge >= 0.3 is 11.8 Å². The number of nitro groups is 1. The van der Waals surface area contributed by atoms with Crippen LogP contribution in [0.15, 0.2) is 35.7 Å². The molecular formula is C17H20N4O4S. The van der Waals surface area contributed by atoms with Crippen LogP contribution in [-0.2, 0) is 9.59 Å².